The first-order valence-electron chi connectivity index (χ1n) is 5.69. The number of amides is 1. The van der Waals surface area contributed by atoms with E-state index in [0.717, 1.165) is 0 Å². The van der Waals surface area contributed by atoms with Crippen LogP contribution in [0.15, 0.2) is 18.3 Å². The molecule has 0 saturated heterocycles. The number of rotatable bonds is 5. The topological polar surface area (TPSA) is 80.3 Å². The van der Waals surface area contributed by atoms with E-state index in [4.69, 9.17) is 4.74 Å². The second-order valence-electron chi connectivity index (χ2n) is 3.63. The molecule has 6 nitrogen and oxygen atoms in total. The monoisotopic (exact) mass is 251 g/mol. The lowest BCUT2D eigenvalue weighted by molar-refractivity contribution is -0.121. The molecule has 0 bridgehead atoms. The van der Waals surface area contributed by atoms with E-state index in [1.807, 2.05) is 0 Å². The molecule has 0 aliphatic rings. The van der Waals surface area contributed by atoms with Gasteiger partial charge in [0.25, 0.3) is 0 Å². The quantitative estimate of drug-likeness (QED) is 0.757. The van der Waals surface area contributed by atoms with Crippen molar-refractivity contribution in [3.8, 4) is 0 Å². The van der Waals surface area contributed by atoms with Crippen LogP contribution < -0.4 is 10.6 Å². The summed E-state index contributed by atoms with van der Waals surface area (Å²) in [6.07, 6.45) is 1.41. The summed E-state index contributed by atoms with van der Waals surface area (Å²) in [6.45, 7) is 3.79. The predicted octanol–water partition coefficient (Wildman–Crippen LogP) is 0.805. The maximum absolute atomic E-state index is 11.4. The molecule has 0 aromatic carbocycles. The first-order chi connectivity index (χ1) is 8.58. The van der Waals surface area contributed by atoms with Crippen LogP contribution in [0.2, 0.25) is 0 Å². The number of pyridine rings is 1. The first kappa shape index (κ1) is 14.0. The molecule has 1 aromatic heterocycles. The van der Waals surface area contributed by atoms with Gasteiger partial charge in [-0.1, -0.05) is 0 Å². The lowest BCUT2D eigenvalue weighted by Gasteiger charge is -2.12. The SMILES string of the molecule is CCOC(=O)c1ccc(NC(C)C(=O)NC)nc1. The predicted molar refractivity (Wildman–Crippen MR) is 67.3 cm³/mol. The highest BCUT2D eigenvalue weighted by molar-refractivity contribution is 5.89. The molecule has 2 N–H and O–H groups in total. The average molecular weight is 251 g/mol. The lowest BCUT2D eigenvalue weighted by atomic mass is 10.2. The molecular weight excluding hydrogens is 234 g/mol. The highest BCUT2D eigenvalue weighted by Gasteiger charge is 2.11. The van der Waals surface area contributed by atoms with Crippen molar-refractivity contribution in [3.05, 3.63) is 23.9 Å². The summed E-state index contributed by atoms with van der Waals surface area (Å²) in [4.78, 5) is 26.7. The number of likely N-dealkylation sites (N-methyl/N-ethyl adjacent to an activating group) is 1. The van der Waals surface area contributed by atoms with Gasteiger partial charge in [-0.3, -0.25) is 4.79 Å². The third-order valence-electron chi connectivity index (χ3n) is 2.28. The second-order valence-corrected chi connectivity index (χ2v) is 3.63. The molecule has 0 aliphatic heterocycles. The number of nitrogens with zero attached hydrogens (tertiary/aromatic N) is 1. The number of carbonyl (C=O) groups excluding carboxylic acids is 2. The zero-order chi connectivity index (χ0) is 13.5. The van der Waals surface area contributed by atoms with Gasteiger partial charge in [0.05, 0.1) is 12.2 Å². The van der Waals surface area contributed by atoms with Crippen LogP contribution in [-0.4, -0.2) is 36.6 Å². The molecule has 1 heterocycles. The number of hydrogen-bond donors (Lipinski definition) is 2. The van der Waals surface area contributed by atoms with Gasteiger partial charge in [-0.2, -0.15) is 0 Å². The van der Waals surface area contributed by atoms with Crippen LogP contribution in [0.5, 0.6) is 0 Å². The Hall–Kier alpha value is -2.11. The Balaban J connectivity index is 2.65. The van der Waals surface area contributed by atoms with E-state index < -0.39 is 12.0 Å². The fraction of sp³-hybridized carbons (Fsp3) is 0.417. The van der Waals surface area contributed by atoms with Crippen molar-refractivity contribution in [1.29, 1.82) is 0 Å². The van der Waals surface area contributed by atoms with Gasteiger partial charge >= 0.3 is 5.97 Å². The molecular formula is C12H17N3O3. The molecule has 0 fully saturated rings. The van der Waals surface area contributed by atoms with Crippen LogP contribution in [0.1, 0.15) is 24.2 Å². The molecule has 1 aromatic rings. The molecule has 0 spiro atoms. The number of aromatic nitrogens is 1. The van der Waals surface area contributed by atoms with Crippen molar-refractivity contribution < 1.29 is 14.3 Å². The van der Waals surface area contributed by atoms with Gasteiger partial charge in [-0.05, 0) is 26.0 Å². The molecule has 0 aliphatic carbocycles. The van der Waals surface area contributed by atoms with E-state index in [1.54, 1.807) is 33.0 Å². The van der Waals surface area contributed by atoms with Crippen LogP contribution in [0, 0.1) is 0 Å². The van der Waals surface area contributed by atoms with Crippen LogP contribution in [0.4, 0.5) is 5.82 Å². The molecule has 18 heavy (non-hydrogen) atoms. The third-order valence-corrected chi connectivity index (χ3v) is 2.28. The standard InChI is InChI=1S/C12H17N3O3/c1-4-18-12(17)9-5-6-10(14-7-9)15-8(2)11(16)13-3/h5-8H,4H2,1-3H3,(H,13,16)(H,14,15). The van der Waals surface area contributed by atoms with E-state index in [9.17, 15) is 9.59 Å². The smallest absolute Gasteiger partial charge is 0.339 e. The summed E-state index contributed by atoms with van der Waals surface area (Å²) < 4.78 is 4.84. The van der Waals surface area contributed by atoms with Crippen LogP contribution >= 0.6 is 0 Å². The van der Waals surface area contributed by atoms with E-state index in [0.29, 0.717) is 18.0 Å². The Bertz CT molecular complexity index is 417. The summed E-state index contributed by atoms with van der Waals surface area (Å²) in [5.74, 6) is -0.0127. The largest absolute Gasteiger partial charge is 0.462 e. The Kier molecular flexibility index (Phi) is 5.10. The highest BCUT2D eigenvalue weighted by Crippen LogP contribution is 2.07. The van der Waals surface area contributed by atoms with Crippen LogP contribution in [-0.2, 0) is 9.53 Å². The number of nitrogens with one attached hydrogen (secondary N) is 2. The van der Waals surface area contributed by atoms with Crippen molar-refractivity contribution >= 4 is 17.7 Å². The summed E-state index contributed by atoms with van der Waals surface area (Å²) in [5, 5.41) is 5.44. The summed E-state index contributed by atoms with van der Waals surface area (Å²) >= 11 is 0. The van der Waals surface area contributed by atoms with E-state index in [-0.39, 0.29) is 5.91 Å². The molecule has 1 unspecified atom stereocenters. The van der Waals surface area contributed by atoms with Gasteiger partial charge in [0.2, 0.25) is 5.91 Å². The van der Waals surface area contributed by atoms with Gasteiger partial charge in [0.1, 0.15) is 11.9 Å². The number of ether oxygens (including phenoxy) is 1. The molecule has 1 atom stereocenters. The molecule has 1 amide bonds. The number of carbonyl (C=O) groups is 2. The maximum atomic E-state index is 11.4. The van der Waals surface area contributed by atoms with Crippen LogP contribution in [0.3, 0.4) is 0 Å². The normalized spacial score (nSPS) is 11.5. The van der Waals surface area contributed by atoms with Crippen molar-refractivity contribution in [3.63, 3.8) is 0 Å². The number of esters is 1. The van der Waals surface area contributed by atoms with Gasteiger partial charge in [-0.15, -0.1) is 0 Å². The zero-order valence-electron chi connectivity index (χ0n) is 10.7. The third kappa shape index (κ3) is 3.73. The van der Waals surface area contributed by atoms with Crippen molar-refractivity contribution in [2.45, 2.75) is 19.9 Å². The Morgan fingerprint density at radius 2 is 2.17 bits per heavy atom. The molecule has 0 radical (unpaired) electrons. The second kappa shape index (κ2) is 6.58. The number of anilines is 1. The van der Waals surface area contributed by atoms with Crippen molar-refractivity contribution in [2.24, 2.45) is 0 Å². The lowest BCUT2D eigenvalue weighted by Crippen LogP contribution is -2.35. The zero-order valence-corrected chi connectivity index (χ0v) is 10.7. The van der Waals surface area contributed by atoms with E-state index >= 15 is 0 Å². The average Bonchev–Trinajstić information content (AvgIpc) is 2.38. The van der Waals surface area contributed by atoms with Gasteiger partial charge < -0.3 is 15.4 Å². The van der Waals surface area contributed by atoms with E-state index in [2.05, 4.69) is 15.6 Å². The number of hydrogen-bond acceptors (Lipinski definition) is 5. The summed E-state index contributed by atoms with van der Waals surface area (Å²) in [6, 6.07) is 2.84. The minimum atomic E-state index is -0.407. The Morgan fingerprint density at radius 1 is 1.44 bits per heavy atom. The summed E-state index contributed by atoms with van der Waals surface area (Å²) in [5.41, 5.74) is 0.384. The molecule has 0 saturated carbocycles. The van der Waals surface area contributed by atoms with E-state index in [1.165, 1.54) is 6.20 Å². The van der Waals surface area contributed by atoms with Crippen LogP contribution in [0.25, 0.3) is 0 Å². The minimum absolute atomic E-state index is 0.133. The highest BCUT2D eigenvalue weighted by atomic mass is 16.5. The first-order valence-corrected chi connectivity index (χ1v) is 5.69. The fourth-order valence-corrected chi connectivity index (χ4v) is 1.32. The maximum Gasteiger partial charge on any atom is 0.339 e. The van der Waals surface area contributed by atoms with Gasteiger partial charge in [-0.25, -0.2) is 9.78 Å². The molecule has 1 rings (SSSR count). The molecule has 6 heteroatoms. The molecule has 98 valence electrons. The van der Waals surface area contributed by atoms with Gasteiger partial charge in [0, 0.05) is 13.2 Å². The van der Waals surface area contributed by atoms with Crippen molar-refractivity contribution in [2.75, 3.05) is 19.0 Å². The fourth-order valence-electron chi connectivity index (χ4n) is 1.32. The Morgan fingerprint density at radius 3 is 2.67 bits per heavy atom. The minimum Gasteiger partial charge on any atom is -0.462 e. The summed E-state index contributed by atoms with van der Waals surface area (Å²) in [7, 11) is 1.57. The van der Waals surface area contributed by atoms with Crippen molar-refractivity contribution in [1.82, 2.24) is 10.3 Å². The Labute approximate surface area is 106 Å². The van der Waals surface area contributed by atoms with Gasteiger partial charge in [0.15, 0.2) is 0 Å².